The Morgan fingerprint density at radius 2 is 1.80 bits per heavy atom. The van der Waals surface area contributed by atoms with E-state index in [-0.39, 0.29) is 6.61 Å². The van der Waals surface area contributed by atoms with Crippen LogP contribution in [0.1, 0.15) is 11.3 Å². The molecule has 2 rings (SSSR count). The lowest BCUT2D eigenvalue weighted by molar-refractivity contribution is 0.248. The second-order valence-electron chi connectivity index (χ2n) is 3.80. The fraction of sp³-hybridized carbons (Fsp3) is 0.0714. The van der Waals surface area contributed by atoms with Crippen LogP contribution in [0.4, 0.5) is 0 Å². The molecule has 1 heterocycles. The maximum absolute atomic E-state index is 11.5. The van der Waals surface area contributed by atoms with Crippen molar-refractivity contribution >= 4 is 16.5 Å². The molecule has 0 aliphatic carbocycles. The molecular formula is C14H13NO4S. The molecule has 104 valence electrons. The molecule has 1 aromatic heterocycles. The lowest BCUT2D eigenvalue weighted by Gasteiger charge is -2.03. The van der Waals surface area contributed by atoms with Crippen molar-refractivity contribution < 1.29 is 16.8 Å². The van der Waals surface area contributed by atoms with E-state index in [1.165, 1.54) is 6.08 Å². The Morgan fingerprint density at radius 1 is 1.05 bits per heavy atom. The van der Waals surface area contributed by atoms with Gasteiger partial charge in [-0.3, -0.25) is 4.98 Å². The third-order valence-corrected chi connectivity index (χ3v) is 3.06. The van der Waals surface area contributed by atoms with Gasteiger partial charge in [-0.25, -0.2) is 4.18 Å². The van der Waals surface area contributed by atoms with Gasteiger partial charge < -0.3 is 4.18 Å². The average Bonchev–Trinajstić information content (AvgIpc) is 2.47. The molecule has 2 aromatic rings. The van der Waals surface area contributed by atoms with Crippen LogP contribution in [0.3, 0.4) is 0 Å². The first kappa shape index (κ1) is 14.2. The Kier molecular flexibility index (Phi) is 4.86. The van der Waals surface area contributed by atoms with Crippen LogP contribution in [-0.4, -0.2) is 13.4 Å². The van der Waals surface area contributed by atoms with Gasteiger partial charge in [0.15, 0.2) is 0 Å². The Balaban J connectivity index is 1.87. The van der Waals surface area contributed by atoms with Crippen LogP contribution < -0.4 is 0 Å². The van der Waals surface area contributed by atoms with Crippen LogP contribution in [0.2, 0.25) is 0 Å². The third-order valence-electron chi connectivity index (χ3n) is 2.31. The van der Waals surface area contributed by atoms with Gasteiger partial charge in [-0.15, -0.1) is 0 Å². The summed E-state index contributed by atoms with van der Waals surface area (Å²) in [5, 5.41) is 0. The Hall–Kier alpha value is -2.18. The minimum absolute atomic E-state index is 0.164. The number of aromatic nitrogens is 1. The third kappa shape index (κ3) is 4.83. The quantitative estimate of drug-likeness (QED) is 0.765. The fourth-order valence-electron chi connectivity index (χ4n) is 1.38. The lowest BCUT2D eigenvalue weighted by atomic mass is 10.2. The molecule has 0 N–H and O–H groups in total. The molecule has 5 nitrogen and oxygen atoms in total. The van der Waals surface area contributed by atoms with E-state index in [1.807, 2.05) is 30.3 Å². The molecule has 0 saturated carbocycles. The van der Waals surface area contributed by atoms with Gasteiger partial charge in [0.2, 0.25) is 0 Å². The molecule has 0 spiro atoms. The smallest absolute Gasteiger partial charge is 0.370 e. The average molecular weight is 291 g/mol. The van der Waals surface area contributed by atoms with Crippen molar-refractivity contribution in [2.24, 2.45) is 0 Å². The van der Waals surface area contributed by atoms with Crippen molar-refractivity contribution in [3.05, 3.63) is 72.2 Å². The van der Waals surface area contributed by atoms with E-state index >= 15 is 0 Å². The summed E-state index contributed by atoms with van der Waals surface area (Å²) in [6, 6.07) is 14.3. The molecule has 0 radical (unpaired) electrons. The second kappa shape index (κ2) is 6.83. The Bertz CT molecular complexity index is 654. The van der Waals surface area contributed by atoms with Crippen LogP contribution in [0.5, 0.6) is 0 Å². The zero-order valence-electron chi connectivity index (χ0n) is 10.5. The van der Waals surface area contributed by atoms with Crippen LogP contribution in [0.15, 0.2) is 61.0 Å². The maximum Gasteiger partial charge on any atom is 0.448 e. The van der Waals surface area contributed by atoms with Crippen LogP contribution >= 0.6 is 0 Å². The van der Waals surface area contributed by atoms with Crippen LogP contribution in [-0.2, 0) is 25.4 Å². The van der Waals surface area contributed by atoms with Gasteiger partial charge in [0.25, 0.3) is 0 Å². The van der Waals surface area contributed by atoms with Gasteiger partial charge in [0.05, 0.1) is 5.69 Å². The highest BCUT2D eigenvalue weighted by Gasteiger charge is 2.11. The largest absolute Gasteiger partial charge is 0.448 e. The van der Waals surface area contributed by atoms with E-state index in [9.17, 15) is 8.42 Å². The highest BCUT2D eigenvalue weighted by molar-refractivity contribution is 7.81. The molecule has 6 heteroatoms. The zero-order chi connectivity index (χ0) is 14.3. The van der Waals surface area contributed by atoms with E-state index < -0.39 is 10.4 Å². The molecule has 0 fully saturated rings. The van der Waals surface area contributed by atoms with Gasteiger partial charge in [0, 0.05) is 6.20 Å². The topological polar surface area (TPSA) is 65.5 Å². The molecule has 0 aliphatic heterocycles. The predicted octanol–water partition coefficient (Wildman–Crippen LogP) is 2.53. The van der Waals surface area contributed by atoms with E-state index in [0.29, 0.717) is 5.69 Å². The van der Waals surface area contributed by atoms with Crippen LogP contribution in [0.25, 0.3) is 6.08 Å². The zero-order valence-corrected chi connectivity index (χ0v) is 11.4. The molecule has 1 aromatic carbocycles. The summed E-state index contributed by atoms with van der Waals surface area (Å²) in [7, 11) is -4.08. The normalized spacial score (nSPS) is 11.6. The van der Waals surface area contributed by atoms with Gasteiger partial charge in [-0.2, -0.15) is 8.42 Å². The van der Waals surface area contributed by atoms with Crippen LogP contribution in [0, 0.1) is 0 Å². The first-order valence-corrected chi connectivity index (χ1v) is 7.18. The fourth-order valence-corrected chi connectivity index (χ4v) is 1.89. The van der Waals surface area contributed by atoms with E-state index in [2.05, 4.69) is 13.4 Å². The summed E-state index contributed by atoms with van der Waals surface area (Å²) in [6.45, 7) is -0.164. The summed E-state index contributed by atoms with van der Waals surface area (Å²) in [5.41, 5.74) is 1.33. The van der Waals surface area contributed by atoms with Crippen molar-refractivity contribution in [3.8, 4) is 0 Å². The summed E-state index contributed by atoms with van der Waals surface area (Å²) in [6.07, 6.45) is 4.16. The van der Waals surface area contributed by atoms with Crippen molar-refractivity contribution in [2.75, 3.05) is 0 Å². The Labute approximate surface area is 117 Å². The second-order valence-corrected chi connectivity index (χ2v) is 5.05. The molecule has 20 heavy (non-hydrogen) atoms. The molecule has 0 unspecified atom stereocenters. The van der Waals surface area contributed by atoms with Gasteiger partial charge in [-0.1, -0.05) is 36.4 Å². The van der Waals surface area contributed by atoms with E-state index in [0.717, 1.165) is 11.8 Å². The number of hydrogen-bond donors (Lipinski definition) is 0. The predicted molar refractivity (Wildman–Crippen MR) is 74.5 cm³/mol. The summed E-state index contributed by atoms with van der Waals surface area (Å²) < 4.78 is 32.2. The Morgan fingerprint density at radius 3 is 2.50 bits per heavy atom. The number of pyridine rings is 1. The molecule has 0 bridgehead atoms. The minimum Gasteiger partial charge on any atom is -0.370 e. The van der Waals surface area contributed by atoms with E-state index in [4.69, 9.17) is 0 Å². The molecule has 0 amide bonds. The van der Waals surface area contributed by atoms with Crippen molar-refractivity contribution in [1.29, 1.82) is 0 Å². The van der Waals surface area contributed by atoms with Gasteiger partial charge in [-0.05, 0) is 23.8 Å². The summed E-state index contributed by atoms with van der Waals surface area (Å²) in [5.74, 6) is 0. The van der Waals surface area contributed by atoms with Gasteiger partial charge in [0.1, 0.15) is 12.9 Å². The number of hydrogen-bond acceptors (Lipinski definition) is 5. The monoisotopic (exact) mass is 291 g/mol. The molecule has 0 aliphatic rings. The SMILES string of the molecule is O=S(=O)(OC=Cc1ccccc1)OCc1ccccn1. The summed E-state index contributed by atoms with van der Waals surface area (Å²) in [4.78, 5) is 3.95. The van der Waals surface area contributed by atoms with Crippen molar-refractivity contribution in [2.45, 2.75) is 6.61 Å². The molecule has 0 atom stereocenters. The van der Waals surface area contributed by atoms with Gasteiger partial charge >= 0.3 is 10.4 Å². The number of rotatable bonds is 6. The molecular weight excluding hydrogens is 278 g/mol. The minimum atomic E-state index is -4.08. The lowest BCUT2D eigenvalue weighted by Crippen LogP contribution is -2.07. The highest BCUT2D eigenvalue weighted by Crippen LogP contribution is 2.06. The first-order chi connectivity index (χ1) is 9.66. The standard InChI is InChI=1S/C14H13NO4S/c16-20(17,19-12-14-8-4-5-10-15-14)18-11-9-13-6-2-1-3-7-13/h1-11H,12H2. The number of nitrogens with zero attached hydrogens (tertiary/aromatic N) is 1. The highest BCUT2D eigenvalue weighted by atomic mass is 32.3. The number of benzene rings is 1. The maximum atomic E-state index is 11.5. The van der Waals surface area contributed by atoms with Crippen molar-refractivity contribution in [3.63, 3.8) is 0 Å². The van der Waals surface area contributed by atoms with Crippen molar-refractivity contribution in [1.82, 2.24) is 4.98 Å². The van der Waals surface area contributed by atoms with E-state index in [1.54, 1.807) is 24.4 Å². The first-order valence-electron chi connectivity index (χ1n) is 5.85. The molecule has 0 saturated heterocycles. The summed E-state index contributed by atoms with van der Waals surface area (Å²) >= 11 is 0.